The standard InChI is InChI=1S/C22H27F6N3O/c1-6-8-9-30-20(32)13(3)19(29-7-2)15(5)31-14(4)16-10-17(21(23,24)25)12-18(11-16)22(26,27)28/h7,10-12,15,31H,4,6,8-9H2,1-3,5H3,(H,30,32)/b19-13+,29-7?. The van der Waals surface area contributed by atoms with Gasteiger partial charge in [0, 0.05) is 24.0 Å². The van der Waals surface area contributed by atoms with Crippen molar-refractivity contribution in [1.82, 2.24) is 10.6 Å². The van der Waals surface area contributed by atoms with Crippen LogP contribution in [-0.2, 0) is 17.1 Å². The normalized spacial score (nSPS) is 14.2. The van der Waals surface area contributed by atoms with E-state index in [0.29, 0.717) is 18.7 Å². The van der Waals surface area contributed by atoms with Crippen molar-refractivity contribution in [3.63, 3.8) is 0 Å². The molecule has 32 heavy (non-hydrogen) atoms. The highest BCUT2D eigenvalue weighted by Gasteiger charge is 2.37. The molecule has 0 saturated carbocycles. The Balaban J connectivity index is 3.26. The average molecular weight is 463 g/mol. The fourth-order valence-electron chi connectivity index (χ4n) is 2.84. The van der Waals surface area contributed by atoms with Crippen molar-refractivity contribution in [2.24, 2.45) is 4.99 Å². The molecule has 178 valence electrons. The summed E-state index contributed by atoms with van der Waals surface area (Å²) in [5.74, 6) is -0.364. The Kier molecular flexibility index (Phi) is 9.53. The minimum atomic E-state index is -4.97. The second kappa shape index (κ2) is 11.2. The van der Waals surface area contributed by atoms with Gasteiger partial charge in [0.15, 0.2) is 0 Å². The number of rotatable bonds is 9. The Bertz CT molecular complexity index is 852. The lowest BCUT2D eigenvalue weighted by Crippen LogP contribution is -2.31. The zero-order chi connectivity index (χ0) is 24.7. The van der Waals surface area contributed by atoms with Gasteiger partial charge in [-0.1, -0.05) is 19.9 Å². The van der Waals surface area contributed by atoms with Crippen LogP contribution in [-0.4, -0.2) is 24.7 Å². The van der Waals surface area contributed by atoms with Crippen LogP contribution in [0.25, 0.3) is 5.70 Å². The van der Waals surface area contributed by atoms with Gasteiger partial charge in [-0.25, -0.2) is 0 Å². The molecule has 0 aliphatic carbocycles. The summed E-state index contributed by atoms with van der Waals surface area (Å²) in [6.07, 6.45) is -6.82. The van der Waals surface area contributed by atoms with Crippen molar-refractivity contribution in [3.8, 4) is 0 Å². The number of nitrogens with zero attached hydrogens (tertiary/aromatic N) is 1. The maximum absolute atomic E-state index is 13.1. The number of amides is 1. The Labute approximate surface area is 183 Å². The van der Waals surface area contributed by atoms with Crippen LogP contribution in [0.3, 0.4) is 0 Å². The van der Waals surface area contributed by atoms with Gasteiger partial charge >= 0.3 is 12.4 Å². The highest BCUT2D eigenvalue weighted by Crippen LogP contribution is 2.37. The molecule has 0 fully saturated rings. The summed E-state index contributed by atoms with van der Waals surface area (Å²) in [6.45, 7) is 10.8. The van der Waals surface area contributed by atoms with Gasteiger partial charge in [0.1, 0.15) is 0 Å². The second-order valence-electron chi connectivity index (χ2n) is 7.15. The number of carbonyl (C=O) groups is 1. The van der Waals surface area contributed by atoms with E-state index in [1.165, 1.54) is 13.1 Å². The van der Waals surface area contributed by atoms with Gasteiger partial charge in [-0.05, 0) is 51.0 Å². The van der Waals surface area contributed by atoms with Crippen LogP contribution in [0.4, 0.5) is 26.3 Å². The Morgan fingerprint density at radius 3 is 2.09 bits per heavy atom. The van der Waals surface area contributed by atoms with Crippen molar-refractivity contribution >= 4 is 17.8 Å². The number of hydrogen-bond acceptors (Lipinski definition) is 3. The van der Waals surface area contributed by atoms with Gasteiger partial charge < -0.3 is 10.6 Å². The highest BCUT2D eigenvalue weighted by atomic mass is 19.4. The Morgan fingerprint density at radius 2 is 1.66 bits per heavy atom. The Morgan fingerprint density at radius 1 is 1.12 bits per heavy atom. The van der Waals surface area contributed by atoms with Crippen LogP contribution in [0.2, 0.25) is 0 Å². The fourth-order valence-corrected chi connectivity index (χ4v) is 2.84. The summed E-state index contributed by atoms with van der Waals surface area (Å²) < 4.78 is 78.7. The maximum atomic E-state index is 13.1. The molecule has 1 unspecified atom stereocenters. The molecule has 1 rings (SSSR count). The lowest BCUT2D eigenvalue weighted by atomic mass is 10.0. The topological polar surface area (TPSA) is 53.5 Å². The monoisotopic (exact) mass is 463 g/mol. The van der Waals surface area contributed by atoms with Gasteiger partial charge in [0.05, 0.1) is 22.9 Å². The van der Waals surface area contributed by atoms with Crippen LogP contribution in [0.15, 0.2) is 41.0 Å². The number of carbonyl (C=O) groups excluding carboxylic acids is 1. The molecule has 0 aliphatic heterocycles. The maximum Gasteiger partial charge on any atom is 0.416 e. The molecular weight excluding hydrogens is 436 g/mol. The molecule has 1 amide bonds. The number of nitrogens with one attached hydrogen (secondary N) is 2. The summed E-state index contributed by atoms with van der Waals surface area (Å²) in [4.78, 5) is 16.5. The van der Waals surface area contributed by atoms with Crippen LogP contribution in [0.5, 0.6) is 0 Å². The lowest BCUT2D eigenvalue weighted by Gasteiger charge is -2.21. The molecule has 1 aromatic carbocycles. The lowest BCUT2D eigenvalue weighted by molar-refractivity contribution is -0.143. The van der Waals surface area contributed by atoms with E-state index in [1.54, 1.807) is 13.8 Å². The fraction of sp³-hybridized carbons (Fsp3) is 0.455. The van der Waals surface area contributed by atoms with E-state index in [9.17, 15) is 31.1 Å². The molecule has 0 bridgehead atoms. The van der Waals surface area contributed by atoms with Gasteiger partial charge in [0.2, 0.25) is 5.91 Å². The van der Waals surface area contributed by atoms with E-state index in [2.05, 4.69) is 22.2 Å². The summed E-state index contributed by atoms with van der Waals surface area (Å²) in [5.41, 5.74) is -2.86. The molecule has 1 aromatic rings. The molecule has 0 aliphatic rings. The van der Waals surface area contributed by atoms with Crippen molar-refractivity contribution in [2.45, 2.75) is 58.9 Å². The summed E-state index contributed by atoms with van der Waals surface area (Å²) in [6, 6.07) is 0.513. The first-order valence-corrected chi connectivity index (χ1v) is 9.95. The summed E-state index contributed by atoms with van der Waals surface area (Å²) >= 11 is 0. The van der Waals surface area contributed by atoms with E-state index >= 15 is 0 Å². The molecule has 2 N–H and O–H groups in total. The third kappa shape index (κ3) is 7.72. The predicted molar refractivity (Wildman–Crippen MR) is 113 cm³/mol. The van der Waals surface area contributed by atoms with Gasteiger partial charge in [-0.3, -0.25) is 9.79 Å². The molecule has 0 spiro atoms. The van der Waals surface area contributed by atoms with E-state index in [4.69, 9.17) is 0 Å². The SMILES string of the molecule is C=C(NC(C)/C(N=CC)=C(/C)C(=O)NCCCC)c1cc(C(F)(F)F)cc(C(F)(F)F)c1. The first-order valence-electron chi connectivity index (χ1n) is 9.95. The second-order valence-corrected chi connectivity index (χ2v) is 7.15. The average Bonchev–Trinajstić information content (AvgIpc) is 2.69. The smallest absolute Gasteiger partial charge is 0.377 e. The minimum absolute atomic E-state index is 0.0533. The van der Waals surface area contributed by atoms with Gasteiger partial charge in [-0.15, -0.1) is 0 Å². The number of halogens is 6. The van der Waals surface area contributed by atoms with Gasteiger partial charge in [0.25, 0.3) is 0 Å². The zero-order valence-corrected chi connectivity index (χ0v) is 18.3. The number of benzene rings is 1. The number of alkyl halides is 6. The first kappa shape index (κ1) is 27.3. The highest BCUT2D eigenvalue weighted by molar-refractivity contribution is 5.94. The van der Waals surface area contributed by atoms with Gasteiger partial charge in [-0.2, -0.15) is 26.3 Å². The minimum Gasteiger partial charge on any atom is -0.377 e. The van der Waals surface area contributed by atoms with Crippen molar-refractivity contribution < 1.29 is 31.1 Å². The third-order valence-electron chi connectivity index (χ3n) is 4.55. The third-order valence-corrected chi connectivity index (χ3v) is 4.55. The molecular formula is C22H27F6N3O. The number of unbranched alkanes of at least 4 members (excludes halogenated alkanes) is 1. The molecule has 0 aromatic heterocycles. The largest absolute Gasteiger partial charge is 0.416 e. The van der Waals surface area contributed by atoms with E-state index < -0.39 is 29.5 Å². The Hall–Kier alpha value is -2.78. The predicted octanol–water partition coefficient (Wildman–Crippen LogP) is 5.95. The molecule has 0 heterocycles. The van der Waals surface area contributed by atoms with Crippen LogP contribution < -0.4 is 10.6 Å². The quantitative estimate of drug-likeness (QED) is 0.206. The number of hydrogen-bond donors (Lipinski definition) is 2. The van der Waals surface area contributed by atoms with E-state index in [0.717, 1.165) is 12.8 Å². The molecule has 1 atom stereocenters. The van der Waals surface area contributed by atoms with E-state index in [1.807, 2.05) is 6.92 Å². The molecule has 10 heteroatoms. The van der Waals surface area contributed by atoms with Crippen molar-refractivity contribution in [2.75, 3.05) is 6.54 Å². The van der Waals surface area contributed by atoms with Crippen molar-refractivity contribution in [3.05, 3.63) is 52.7 Å². The molecule has 4 nitrogen and oxygen atoms in total. The van der Waals surface area contributed by atoms with Crippen LogP contribution >= 0.6 is 0 Å². The summed E-state index contributed by atoms with van der Waals surface area (Å²) in [7, 11) is 0. The van der Waals surface area contributed by atoms with Crippen molar-refractivity contribution in [1.29, 1.82) is 0 Å². The number of aliphatic imine (C=N–C) groups is 1. The molecule has 0 radical (unpaired) electrons. The summed E-state index contributed by atoms with van der Waals surface area (Å²) in [5, 5.41) is 5.50. The molecule has 0 saturated heterocycles. The van der Waals surface area contributed by atoms with Crippen LogP contribution in [0.1, 0.15) is 57.2 Å². The van der Waals surface area contributed by atoms with Crippen LogP contribution in [0, 0.1) is 0 Å². The zero-order valence-electron chi connectivity index (χ0n) is 18.3. The van der Waals surface area contributed by atoms with E-state index in [-0.39, 0.29) is 34.5 Å². The first-order chi connectivity index (χ1) is 14.7.